The molecular formula is C23H27N3O2. The molecule has 0 saturated carbocycles. The maximum atomic E-state index is 12.8. The summed E-state index contributed by atoms with van der Waals surface area (Å²) in [6, 6.07) is 12.0. The van der Waals surface area contributed by atoms with E-state index in [0.29, 0.717) is 18.9 Å². The fourth-order valence-corrected chi connectivity index (χ4v) is 4.21. The third-order valence-corrected chi connectivity index (χ3v) is 5.73. The number of nitrogens with zero attached hydrogens (tertiary/aromatic N) is 2. The number of furan rings is 1. The van der Waals surface area contributed by atoms with E-state index in [4.69, 9.17) is 9.40 Å². The van der Waals surface area contributed by atoms with Gasteiger partial charge in [-0.1, -0.05) is 31.2 Å². The van der Waals surface area contributed by atoms with E-state index in [9.17, 15) is 4.79 Å². The number of amides is 1. The van der Waals surface area contributed by atoms with Crippen molar-refractivity contribution in [1.82, 2.24) is 14.9 Å². The van der Waals surface area contributed by atoms with E-state index < -0.39 is 0 Å². The first-order valence-corrected chi connectivity index (χ1v) is 10.0. The van der Waals surface area contributed by atoms with E-state index in [-0.39, 0.29) is 11.8 Å². The second-order valence-electron chi connectivity index (χ2n) is 7.71. The third kappa shape index (κ3) is 3.75. The Morgan fingerprint density at radius 3 is 2.96 bits per heavy atom. The smallest absolute Gasteiger partial charge is 0.221 e. The highest BCUT2D eigenvalue weighted by molar-refractivity contribution is 5.77. The number of carbonyl (C=O) groups excluding carboxylic acids is 1. The Morgan fingerprint density at radius 2 is 2.18 bits per heavy atom. The molecule has 1 aromatic carbocycles. The fourth-order valence-electron chi connectivity index (χ4n) is 4.21. The summed E-state index contributed by atoms with van der Waals surface area (Å²) < 4.78 is 7.66. The highest BCUT2D eigenvalue weighted by atomic mass is 16.3. The summed E-state index contributed by atoms with van der Waals surface area (Å²) in [6.07, 6.45) is 6.33. The number of benzene rings is 1. The van der Waals surface area contributed by atoms with Crippen LogP contribution in [0.2, 0.25) is 0 Å². The van der Waals surface area contributed by atoms with Gasteiger partial charge in [-0.15, -0.1) is 0 Å². The van der Waals surface area contributed by atoms with Crippen molar-refractivity contribution in [2.24, 2.45) is 0 Å². The molecule has 5 heteroatoms. The standard InChI is InChI=1S/C23H27N3O2/c1-16-7-3-4-10-19(16)20(13-22(27)24-14-18-9-6-12-28-18)21-15-25-23-17(2)8-5-11-26(21)23/h3-4,6-7,9-10,12,15,17,20H,5,8,11,13-14H2,1-2H3,(H,24,27)/t17-,20+/m1/s1. The topological polar surface area (TPSA) is 60.1 Å². The maximum Gasteiger partial charge on any atom is 0.221 e. The number of aromatic nitrogens is 2. The van der Waals surface area contributed by atoms with Gasteiger partial charge >= 0.3 is 0 Å². The predicted octanol–water partition coefficient (Wildman–Crippen LogP) is 4.52. The fraction of sp³-hybridized carbons (Fsp3) is 0.391. The molecule has 1 N–H and O–H groups in total. The molecule has 28 heavy (non-hydrogen) atoms. The quantitative estimate of drug-likeness (QED) is 0.687. The second-order valence-corrected chi connectivity index (χ2v) is 7.71. The van der Waals surface area contributed by atoms with Crippen LogP contribution in [0.5, 0.6) is 0 Å². The molecule has 3 heterocycles. The van der Waals surface area contributed by atoms with Crippen molar-refractivity contribution < 1.29 is 9.21 Å². The summed E-state index contributed by atoms with van der Waals surface area (Å²) >= 11 is 0. The Kier molecular flexibility index (Phi) is 5.33. The van der Waals surface area contributed by atoms with E-state index in [2.05, 4.69) is 35.9 Å². The average molecular weight is 377 g/mol. The van der Waals surface area contributed by atoms with Crippen molar-refractivity contribution >= 4 is 5.91 Å². The molecule has 0 aliphatic carbocycles. The number of aryl methyl sites for hydroxylation is 1. The van der Waals surface area contributed by atoms with Gasteiger partial charge in [-0.05, 0) is 43.0 Å². The Labute approximate surface area is 165 Å². The van der Waals surface area contributed by atoms with Crippen molar-refractivity contribution in [3.63, 3.8) is 0 Å². The van der Waals surface area contributed by atoms with Gasteiger partial charge < -0.3 is 14.3 Å². The van der Waals surface area contributed by atoms with Crippen LogP contribution in [0, 0.1) is 6.92 Å². The van der Waals surface area contributed by atoms with Gasteiger partial charge in [0.25, 0.3) is 0 Å². The average Bonchev–Trinajstić information content (AvgIpc) is 3.36. The lowest BCUT2D eigenvalue weighted by molar-refractivity contribution is -0.121. The van der Waals surface area contributed by atoms with Gasteiger partial charge in [-0.3, -0.25) is 4.79 Å². The van der Waals surface area contributed by atoms with Gasteiger partial charge in [0.15, 0.2) is 0 Å². The number of rotatable bonds is 6. The molecule has 0 fully saturated rings. The molecule has 4 rings (SSSR count). The van der Waals surface area contributed by atoms with Crippen LogP contribution in [-0.4, -0.2) is 15.5 Å². The van der Waals surface area contributed by atoms with Crippen LogP contribution >= 0.6 is 0 Å². The van der Waals surface area contributed by atoms with Crippen molar-refractivity contribution in [1.29, 1.82) is 0 Å². The number of carbonyl (C=O) groups is 1. The van der Waals surface area contributed by atoms with Crippen LogP contribution in [0.15, 0.2) is 53.3 Å². The molecule has 0 radical (unpaired) electrons. The van der Waals surface area contributed by atoms with E-state index in [1.54, 1.807) is 6.26 Å². The molecule has 1 amide bonds. The lowest BCUT2D eigenvalue weighted by Gasteiger charge is -2.26. The molecule has 3 aromatic rings. The maximum absolute atomic E-state index is 12.8. The van der Waals surface area contributed by atoms with Crippen LogP contribution in [0.4, 0.5) is 0 Å². The van der Waals surface area contributed by atoms with Gasteiger partial charge in [0, 0.05) is 36.7 Å². The zero-order chi connectivity index (χ0) is 19.5. The van der Waals surface area contributed by atoms with Crippen molar-refractivity contribution in [3.8, 4) is 0 Å². The van der Waals surface area contributed by atoms with E-state index in [1.165, 1.54) is 17.5 Å². The molecule has 146 valence electrons. The minimum absolute atomic E-state index is 0.00986. The van der Waals surface area contributed by atoms with Gasteiger partial charge in [-0.25, -0.2) is 4.98 Å². The normalized spacial score (nSPS) is 17.1. The predicted molar refractivity (Wildman–Crippen MR) is 108 cm³/mol. The highest BCUT2D eigenvalue weighted by Gasteiger charge is 2.28. The molecule has 1 aliphatic heterocycles. The Hall–Kier alpha value is -2.82. The van der Waals surface area contributed by atoms with Gasteiger partial charge in [-0.2, -0.15) is 0 Å². The van der Waals surface area contributed by atoms with Crippen molar-refractivity contribution in [2.75, 3.05) is 0 Å². The van der Waals surface area contributed by atoms with Crippen LogP contribution in [0.25, 0.3) is 0 Å². The minimum atomic E-state index is -0.00986. The van der Waals surface area contributed by atoms with Gasteiger partial charge in [0.2, 0.25) is 5.91 Å². The summed E-state index contributed by atoms with van der Waals surface area (Å²) in [6.45, 7) is 5.74. The van der Waals surface area contributed by atoms with E-state index in [0.717, 1.165) is 30.2 Å². The van der Waals surface area contributed by atoms with Crippen LogP contribution in [0.1, 0.15) is 66.4 Å². The summed E-state index contributed by atoms with van der Waals surface area (Å²) in [5.74, 6) is 2.38. The molecule has 0 bridgehead atoms. The summed E-state index contributed by atoms with van der Waals surface area (Å²) in [5.41, 5.74) is 3.53. The van der Waals surface area contributed by atoms with Gasteiger partial charge in [0.1, 0.15) is 11.6 Å². The van der Waals surface area contributed by atoms with Gasteiger partial charge in [0.05, 0.1) is 12.8 Å². The Morgan fingerprint density at radius 1 is 1.32 bits per heavy atom. The molecule has 0 spiro atoms. The lowest BCUT2D eigenvalue weighted by Crippen LogP contribution is -2.26. The Bertz CT molecular complexity index is 943. The molecular weight excluding hydrogens is 350 g/mol. The lowest BCUT2D eigenvalue weighted by atomic mass is 9.88. The SMILES string of the molecule is Cc1ccccc1[C@H](CC(=O)NCc1ccco1)c1cnc2n1CCC[C@H]2C. The van der Waals surface area contributed by atoms with Crippen molar-refractivity contribution in [2.45, 2.75) is 58.0 Å². The molecule has 2 atom stereocenters. The highest BCUT2D eigenvalue weighted by Crippen LogP contribution is 2.35. The monoisotopic (exact) mass is 377 g/mol. The number of fused-ring (bicyclic) bond motifs is 1. The molecule has 2 aromatic heterocycles. The van der Waals surface area contributed by atoms with Crippen LogP contribution in [-0.2, 0) is 17.9 Å². The van der Waals surface area contributed by atoms with E-state index >= 15 is 0 Å². The summed E-state index contributed by atoms with van der Waals surface area (Å²) in [4.78, 5) is 17.5. The van der Waals surface area contributed by atoms with E-state index in [1.807, 2.05) is 30.5 Å². The third-order valence-electron chi connectivity index (χ3n) is 5.73. The zero-order valence-corrected chi connectivity index (χ0v) is 16.5. The first kappa shape index (κ1) is 18.5. The zero-order valence-electron chi connectivity index (χ0n) is 16.5. The summed E-state index contributed by atoms with van der Waals surface area (Å²) in [7, 11) is 0. The first-order valence-electron chi connectivity index (χ1n) is 10.0. The minimum Gasteiger partial charge on any atom is -0.467 e. The molecule has 0 saturated heterocycles. The summed E-state index contributed by atoms with van der Waals surface area (Å²) in [5, 5.41) is 2.99. The molecule has 0 unspecified atom stereocenters. The number of nitrogens with one attached hydrogen (secondary N) is 1. The molecule has 1 aliphatic rings. The van der Waals surface area contributed by atoms with Crippen molar-refractivity contribution in [3.05, 3.63) is 77.3 Å². The largest absolute Gasteiger partial charge is 0.467 e. The number of hydrogen-bond acceptors (Lipinski definition) is 3. The van der Waals surface area contributed by atoms with Crippen LogP contribution in [0.3, 0.4) is 0 Å². The second kappa shape index (κ2) is 8.05. The van der Waals surface area contributed by atoms with Crippen LogP contribution < -0.4 is 5.32 Å². The molecule has 5 nitrogen and oxygen atoms in total. The number of hydrogen-bond donors (Lipinski definition) is 1. The Balaban J connectivity index is 1.62. The number of imidazole rings is 1. The first-order chi connectivity index (χ1) is 13.6.